The van der Waals surface area contributed by atoms with Crippen molar-refractivity contribution in [1.82, 2.24) is 29.6 Å². The first kappa shape index (κ1) is 17.9. The van der Waals surface area contributed by atoms with Crippen LogP contribution in [0.2, 0.25) is 0 Å². The highest BCUT2D eigenvalue weighted by atomic mass is 15.3. The second kappa shape index (κ2) is 7.67. The highest BCUT2D eigenvalue weighted by Gasteiger charge is 2.16. The van der Waals surface area contributed by atoms with Gasteiger partial charge in [0.15, 0.2) is 0 Å². The lowest BCUT2D eigenvalue weighted by Crippen LogP contribution is -2.43. The van der Waals surface area contributed by atoms with E-state index < -0.39 is 0 Å². The molecule has 148 valence electrons. The number of rotatable bonds is 5. The Kier molecular flexibility index (Phi) is 4.73. The Hall–Kier alpha value is -3.19. The Morgan fingerprint density at radius 3 is 2.72 bits per heavy atom. The Morgan fingerprint density at radius 2 is 1.93 bits per heavy atom. The number of aryl methyl sites for hydroxylation is 1. The van der Waals surface area contributed by atoms with Crippen LogP contribution in [0.4, 0.5) is 5.82 Å². The maximum Gasteiger partial charge on any atom is 0.128 e. The van der Waals surface area contributed by atoms with Crippen molar-refractivity contribution in [1.29, 1.82) is 0 Å². The van der Waals surface area contributed by atoms with E-state index >= 15 is 0 Å². The second-order valence-electron chi connectivity index (χ2n) is 7.32. The van der Waals surface area contributed by atoms with Gasteiger partial charge in [-0.1, -0.05) is 19.1 Å². The van der Waals surface area contributed by atoms with Crippen LogP contribution in [0.25, 0.3) is 16.6 Å². The number of anilines is 1. The summed E-state index contributed by atoms with van der Waals surface area (Å²) >= 11 is 0. The highest BCUT2D eigenvalue weighted by molar-refractivity contribution is 5.90. The van der Waals surface area contributed by atoms with Gasteiger partial charge in [-0.05, 0) is 30.7 Å². The Balaban J connectivity index is 1.52. The van der Waals surface area contributed by atoms with Gasteiger partial charge in [0.05, 0.1) is 35.5 Å². The van der Waals surface area contributed by atoms with Crippen LogP contribution >= 0.6 is 0 Å². The van der Waals surface area contributed by atoms with E-state index in [1.54, 1.807) is 6.20 Å². The summed E-state index contributed by atoms with van der Waals surface area (Å²) < 4.78 is 4.13. The first-order valence-corrected chi connectivity index (χ1v) is 10.2. The Bertz CT molecular complexity index is 1110. The van der Waals surface area contributed by atoms with E-state index in [-0.39, 0.29) is 0 Å². The minimum Gasteiger partial charge on any atom is -0.354 e. The predicted octanol–water partition coefficient (Wildman–Crippen LogP) is 2.64. The standard InChI is InChI=1S/C22H25N7/c1-2-18-22-19(28-14-11-24-16-28)6-4-7-20(22)29(26-18)15-17-5-3-8-21(25-17)27-12-9-23-10-13-27/h3-8,11,14,16,23H,2,9-10,12-13,15H2,1H3. The lowest BCUT2D eigenvalue weighted by atomic mass is 10.1. The van der Waals surface area contributed by atoms with Gasteiger partial charge in [-0.25, -0.2) is 9.97 Å². The number of nitrogens with one attached hydrogen (secondary N) is 1. The molecular formula is C22H25N7. The molecule has 7 heteroatoms. The summed E-state index contributed by atoms with van der Waals surface area (Å²) in [6.07, 6.45) is 6.50. The molecule has 0 amide bonds. The molecule has 4 heterocycles. The molecule has 0 unspecified atom stereocenters. The molecule has 0 bridgehead atoms. The van der Waals surface area contributed by atoms with Crippen molar-refractivity contribution < 1.29 is 0 Å². The quantitative estimate of drug-likeness (QED) is 0.570. The third-order valence-electron chi connectivity index (χ3n) is 5.49. The number of imidazole rings is 1. The van der Waals surface area contributed by atoms with E-state index in [0.29, 0.717) is 6.54 Å². The van der Waals surface area contributed by atoms with Gasteiger partial charge in [0, 0.05) is 44.0 Å². The van der Waals surface area contributed by atoms with Crippen LogP contribution in [-0.2, 0) is 13.0 Å². The van der Waals surface area contributed by atoms with Crippen molar-refractivity contribution in [2.45, 2.75) is 19.9 Å². The molecule has 0 spiro atoms. The minimum atomic E-state index is 0.657. The van der Waals surface area contributed by atoms with Crippen molar-refractivity contribution in [3.63, 3.8) is 0 Å². The molecular weight excluding hydrogens is 362 g/mol. The van der Waals surface area contributed by atoms with E-state index in [2.05, 4.69) is 67.8 Å². The summed E-state index contributed by atoms with van der Waals surface area (Å²) in [6.45, 7) is 6.81. The van der Waals surface area contributed by atoms with E-state index in [9.17, 15) is 0 Å². The third kappa shape index (κ3) is 3.38. The molecule has 1 saturated heterocycles. The second-order valence-corrected chi connectivity index (χ2v) is 7.32. The number of hydrogen-bond acceptors (Lipinski definition) is 5. The van der Waals surface area contributed by atoms with Crippen LogP contribution in [-0.4, -0.2) is 50.5 Å². The molecule has 0 radical (unpaired) electrons. The summed E-state index contributed by atoms with van der Waals surface area (Å²) in [5.74, 6) is 1.05. The first-order valence-electron chi connectivity index (χ1n) is 10.2. The van der Waals surface area contributed by atoms with Crippen LogP contribution in [0, 0.1) is 0 Å². The van der Waals surface area contributed by atoms with E-state index in [1.807, 2.05) is 12.5 Å². The fraction of sp³-hybridized carbons (Fsp3) is 0.318. The molecule has 1 fully saturated rings. The van der Waals surface area contributed by atoms with E-state index in [4.69, 9.17) is 10.1 Å². The van der Waals surface area contributed by atoms with Gasteiger partial charge >= 0.3 is 0 Å². The van der Waals surface area contributed by atoms with Crippen LogP contribution in [0.15, 0.2) is 55.1 Å². The van der Waals surface area contributed by atoms with Gasteiger partial charge < -0.3 is 14.8 Å². The summed E-state index contributed by atoms with van der Waals surface area (Å²) in [5.41, 5.74) is 4.37. The van der Waals surface area contributed by atoms with Gasteiger partial charge in [-0.3, -0.25) is 4.68 Å². The average Bonchev–Trinajstić information content (AvgIpc) is 3.43. The van der Waals surface area contributed by atoms with Crippen molar-refractivity contribution in [3.8, 4) is 5.69 Å². The number of hydrogen-bond donors (Lipinski definition) is 1. The highest BCUT2D eigenvalue weighted by Crippen LogP contribution is 2.27. The molecule has 1 aliphatic heterocycles. The number of benzene rings is 1. The Morgan fingerprint density at radius 1 is 1.07 bits per heavy atom. The maximum absolute atomic E-state index is 4.94. The van der Waals surface area contributed by atoms with Gasteiger partial charge in [0.1, 0.15) is 5.82 Å². The number of piperazine rings is 1. The topological polar surface area (TPSA) is 63.8 Å². The molecule has 1 N–H and O–H groups in total. The van der Waals surface area contributed by atoms with Crippen molar-refractivity contribution in [2.75, 3.05) is 31.1 Å². The Labute approximate surface area is 170 Å². The smallest absolute Gasteiger partial charge is 0.128 e. The molecule has 1 aliphatic rings. The maximum atomic E-state index is 4.94. The monoisotopic (exact) mass is 387 g/mol. The fourth-order valence-corrected chi connectivity index (χ4v) is 4.05. The molecule has 5 rings (SSSR count). The predicted molar refractivity (Wildman–Crippen MR) is 115 cm³/mol. The van der Waals surface area contributed by atoms with Crippen LogP contribution in [0.1, 0.15) is 18.3 Å². The van der Waals surface area contributed by atoms with Gasteiger partial charge in [0.2, 0.25) is 0 Å². The number of fused-ring (bicyclic) bond motifs is 1. The number of aromatic nitrogens is 5. The van der Waals surface area contributed by atoms with Crippen molar-refractivity contribution in [3.05, 3.63) is 66.5 Å². The molecule has 7 nitrogen and oxygen atoms in total. The SMILES string of the molecule is CCc1nn(Cc2cccc(N3CCNCC3)n2)c2cccc(-n3ccnc3)c12. The molecule has 0 saturated carbocycles. The largest absolute Gasteiger partial charge is 0.354 e. The summed E-state index contributed by atoms with van der Waals surface area (Å²) in [7, 11) is 0. The van der Waals surface area contributed by atoms with Gasteiger partial charge in [-0.2, -0.15) is 5.10 Å². The van der Waals surface area contributed by atoms with Gasteiger partial charge in [-0.15, -0.1) is 0 Å². The number of nitrogens with zero attached hydrogens (tertiary/aromatic N) is 6. The van der Waals surface area contributed by atoms with Crippen molar-refractivity contribution in [2.24, 2.45) is 0 Å². The lowest BCUT2D eigenvalue weighted by molar-refractivity contribution is 0.583. The average molecular weight is 387 g/mol. The number of pyridine rings is 1. The molecule has 0 aliphatic carbocycles. The van der Waals surface area contributed by atoms with Crippen LogP contribution in [0.5, 0.6) is 0 Å². The fourth-order valence-electron chi connectivity index (χ4n) is 4.05. The molecule has 4 aromatic rings. The summed E-state index contributed by atoms with van der Waals surface area (Å²) in [4.78, 5) is 11.5. The zero-order valence-electron chi connectivity index (χ0n) is 16.6. The lowest BCUT2D eigenvalue weighted by Gasteiger charge is -2.28. The van der Waals surface area contributed by atoms with Crippen LogP contribution in [0.3, 0.4) is 0 Å². The van der Waals surface area contributed by atoms with Crippen LogP contribution < -0.4 is 10.2 Å². The zero-order chi connectivity index (χ0) is 19.6. The molecule has 3 aromatic heterocycles. The normalized spacial score (nSPS) is 14.6. The third-order valence-corrected chi connectivity index (χ3v) is 5.49. The summed E-state index contributed by atoms with van der Waals surface area (Å²) in [5, 5.41) is 9.52. The van der Waals surface area contributed by atoms with Gasteiger partial charge in [0.25, 0.3) is 0 Å². The molecule has 0 atom stereocenters. The first-order chi connectivity index (χ1) is 14.3. The zero-order valence-corrected chi connectivity index (χ0v) is 16.6. The van der Waals surface area contributed by atoms with Crippen molar-refractivity contribution >= 4 is 16.7 Å². The molecule has 29 heavy (non-hydrogen) atoms. The molecule has 1 aromatic carbocycles. The minimum absolute atomic E-state index is 0.657. The van der Waals surface area contributed by atoms with E-state index in [1.165, 1.54) is 5.39 Å². The van der Waals surface area contributed by atoms with E-state index in [0.717, 1.165) is 61.0 Å². The summed E-state index contributed by atoms with van der Waals surface area (Å²) in [6, 6.07) is 12.6.